The molecular weight excluding hydrogens is 348 g/mol. The number of ether oxygens (including phenoxy) is 1. The van der Waals surface area contributed by atoms with Gasteiger partial charge in [-0.05, 0) is 63.9 Å². The number of hydrogen-bond acceptors (Lipinski definition) is 4. The van der Waals surface area contributed by atoms with Crippen molar-refractivity contribution in [3.05, 3.63) is 35.9 Å². The van der Waals surface area contributed by atoms with Crippen LogP contribution in [0.15, 0.2) is 30.3 Å². The van der Waals surface area contributed by atoms with E-state index in [2.05, 4.69) is 10.6 Å². The summed E-state index contributed by atoms with van der Waals surface area (Å²) in [7, 11) is -2.17. The number of amides is 1. The van der Waals surface area contributed by atoms with E-state index in [0.717, 1.165) is 31.5 Å². The number of rotatable bonds is 2. The summed E-state index contributed by atoms with van der Waals surface area (Å²) < 4.78 is 5.72. The quantitative estimate of drug-likeness (QED) is 0.763. The number of hydrogen-bond donors (Lipinski definition) is 2. The van der Waals surface area contributed by atoms with Crippen LogP contribution in [0.1, 0.15) is 39.2 Å². The first-order valence-corrected chi connectivity index (χ1v) is 11.2. The number of benzene rings is 1. The summed E-state index contributed by atoms with van der Waals surface area (Å²) in [5, 5.41) is 6.27. The molecule has 2 heterocycles. The summed E-state index contributed by atoms with van der Waals surface area (Å²) in [5.74, 6) is 1.05. The molecule has 3 atom stereocenters. The van der Waals surface area contributed by atoms with Crippen LogP contribution in [-0.4, -0.2) is 40.2 Å². The summed E-state index contributed by atoms with van der Waals surface area (Å²) in [6.07, 6.45) is 1.79. The SMILES string of the molecule is CC(C)(C)NC(=O)S1(C(=O)OCc2ccccc2)CCC2CNCCC21. The molecule has 2 fully saturated rings. The highest BCUT2D eigenvalue weighted by Gasteiger charge is 2.55. The molecule has 2 saturated heterocycles. The van der Waals surface area contributed by atoms with Gasteiger partial charge < -0.3 is 15.4 Å². The van der Waals surface area contributed by atoms with E-state index < -0.39 is 10.0 Å². The van der Waals surface area contributed by atoms with Crippen molar-refractivity contribution in [2.75, 3.05) is 18.8 Å². The van der Waals surface area contributed by atoms with Gasteiger partial charge in [-0.1, -0.05) is 40.4 Å². The Labute approximate surface area is 157 Å². The second-order valence-electron chi connectivity index (χ2n) is 8.26. The van der Waals surface area contributed by atoms with Gasteiger partial charge in [0.15, 0.2) is 0 Å². The van der Waals surface area contributed by atoms with Crippen LogP contribution in [0.5, 0.6) is 0 Å². The monoisotopic (exact) mass is 378 g/mol. The van der Waals surface area contributed by atoms with Crippen molar-refractivity contribution in [2.45, 2.75) is 51.0 Å². The maximum atomic E-state index is 13.3. The van der Waals surface area contributed by atoms with E-state index in [4.69, 9.17) is 4.74 Å². The highest BCUT2D eigenvalue weighted by atomic mass is 32.3. The van der Waals surface area contributed by atoms with Crippen molar-refractivity contribution >= 4 is 20.6 Å². The molecule has 1 aromatic rings. The minimum absolute atomic E-state index is 0.0857. The van der Waals surface area contributed by atoms with Crippen molar-refractivity contribution in [3.8, 4) is 0 Å². The van der Waals surface area contributed by atoms with E-state index in [1.165, 1.54) is 0 Å². The third-order valence-corrected chi connectivity index (χ3v) is 9.18. The molecule has 0 radical (unpaired) electrons. The first-order valence-electron chi connectivity index (χ1n) is 9.36. The standard InChI is InChI=1S/C20H30N2O3S/c1-20(2,3)22-18(23)26(12-10-16-13-21-11-9-17(16)26)19(24)25-14-15-7-5-4-6-8-15/h4-8,16-17,21H,9-14H2,1-3H3,(H,22,23). The van der Waals surface area contributed by atoms with Crippen LogP contribution in [-0.2, 0) is 11.3 Å². The average Bonchev–Trinajstić information content (AvgIpc) is 3.00. The number of nitrogens with one attached hydrogen (secondary N) is 2. The lowest BCUT2D eigenvalue weighted by molar-refractivity contribution is 0.167. The predicted molar refractivity (Wildman–Crippen MR) is 107 cm³/mol. The molecule has 0 bridgehead atoms. The lowest BCUT2D eigenvalue weighted by Crippen LogP contribution is -2.48. The Kier molecular flexibility index (Phi) is 5.63. The fraction of sp³-hybridized carbons (Fsp3) is 0.600. The summed E-state index contributed by atoms with van der Waals surface area (Å²) in [6, 6.07) is 9.66. The zero-order valence-electron chi connectivity index (χ0n) is 15.9. The van der Waals surface area contributed by atoms with Crippen LogP contribution < -0.4 is 10.6 Å². The molecule has 0 aliphatic carbocycles. The van der Waals surface area contributed by atoms with Gasteiger partial charge in [-0.3, -0.25) is 4.79 Å². The van der Waals surface area contributed by atoms with E-state index in [-0.39, 0.29) is 27.9 Å². The van der Waals surface area contributed by atoms with E-state index in [1.807, 2.05) is 51.1 Å². The average molecular weight is 379 g/mol. The predicted octanol–water partition coefficient (Wildman–Crippen LogP) is 4.02. The summed E-state index contributed by atoms with van der Waals surface area (Å²) in [6.45, 7) is 7.87. The van der Waals surface area contributed by atoms with Gasteiger partial charge in [0.1, 0.15) is 6.61 Å². The fourth-order valence-corrected chi connectivity index (χ4v) is 8.11. The van der Waals surface area contributed by atoms with Crippen LogP contribution >= 0.6 is 10.0 Å². The molecular formula is C20H30N2O3S. The van der Waals surface area contributed by atoms with Gasteiger partial charge in [-0.15, -0.1) is 0 Å². The first kappa shape index (κ1) is 19.2. The Morgan fingerprint density at radius 1 is 1.23 bits per heavy atom. The van der Waals surface area contributed by atoms with Gasteiger partial charge in [0.25, 0.3) is 5.24 Å². The van der Waals surface area contributed by atoms with Crippen LogP contribution in [0, 0.1) is 5.92 Å². The van der Waals surface area contributed by atoms with Crippen molar-refractivity contribution in [1.29, 1.82) is 0 Å². The first-order chi connectivity index (χ1) is 12.3. The molecule has 3 rings (SSSR count). The fourth-order valence-electron chi connectivity index (χ4n) is 3.94. The zero-order chi connectivity index (χ0) is 18.8. The third kappa shape index (κ3) is 3.91. The van der Waals surface area contributed by atoms with E-state index in [1.54, 1.807) is 0 Å². The molecule has 0 spiro atoms. The number of carbonyl (C=O) groups is 2. The van der Waals surface area contributed by atoms with Gasteiger partial charge in [0.05, 0.1) is 0 Å². The van der Waals surface area contributed by atoms with Crippen molar-refractivity contribution < 1.29 is 14.3 Å². The van der Waals surface area contributed by atoms with E-state index in [0.29, 0.717) is 11.7 Å². The Balaban J connectivity index is 1.83. The van der Waals surface area contributed by atoms with Gasteiger partial charge in [0.2, 0.25) is 0 Å². The van der Waals surface area contributed by atoms with Crippen LogP contribution in [0.25, 0.3) is 0 Å². The molecule has 144 valence electrons. The van der Waals surface area contributed by atoms with Gasteiger partial charge in [-0.2, -0.15) is 0 Å². The largest absolute Gasteiger partial charge is 0.453 e. The van der Waals surface area contributed by atoms with Crippen LogP contribution in [0.3, 0.4) is 0 Å². The van der Waals surface area contributed by atoms with E-state index >= 15 is 0 Å². The van der Waals surface area contributed by atoms with Crippen molar-refractivity contribution in [2.24, 2.45) is 5.92 Å². The molecule has 5 nitrogen and oxygen atoms in total. The highest BCUT2D eigenvalue weighted by molar-refractivity contribution is 8.55. The van der Waals surface area contributed by atoms with Crippen LogP contribution in [0.4, 0.5) is 9.59 Å². The second kappa shape index (κ2) is 7.61. The summed E-state index contributed by atoms with van der Waals surface area (Å²) in [4.78, 5) is 26.6. The minimum atomic E-state index is -2.17. The normalized spacial score (nSPS) is 30.7. The van der Waals surface area contributed by atoms with Crippen molar-refractivity contribution in [3.63, 3.8) is 0 Å². The van der Waals surface area contributed by atoms with Gasteiger partial charge in [0, 0.05) is 10.8 Å². The molecule has 3 unspecified atom stereocenters. The Bertz CT molecular complexity index is 659. The molecule has 0 aromatic heterocycles. The summed E-state index contributed by atoms with van der Waals surface area (Å²) >= 11 is 0. The Morgan fingerprint density at radius 3 is 2.65 bits per heavy atom. The van der Waals surface area contributed by atoms with Gasteiger partial charge in [-0.25, -0.2) is 4.79 Å². The molecule has 2 aliphatic heterocycles. The molecule has 2 N–H and O–H groups in total. The zero-order valence-corrected chi connectivity index (χ0v) is 16.7. The van der Waals surface area contributed by atoms with Crippen molar-refractivity contribution in [1.82, 2.24) is 10.6 Å². The summed E-state index contributed by atoms with van der Waals surface area (Å²) in [5.41, 5.74) is 0.591. The molecule has 0 saturated carbocycles. The molecule has 26 heavy (non-hydrogen) atoms. The third-order valence-electron chi connectivity index (χ3n) is 5.17. The molecule has 6 heteroatoms. The maximum absolute atomic E-state index is 13.3. The van der Waals surface area contributed by atoms with E-state index in [9.17, 15) is 9.59 Å². The smallest absolute Gasteiger partial charge is 0.358 e. The molecule has 1 amide bonds. The lowest BCUT2D eigenvalue weighted by atomic mass is 9.97. The molecule has 1 aromatic carbocycles. The lowest BCUT2D eigenvalue weighted by Gasteiger charge is -2.42. The second-order valence-corrected chi connectivity index (χ2v) is 11.6. The topological polar surface area (TPSA) is 67.4 Å². The minimum Gasteiger partial charge on any atom is -0.453 e. The van der Waals surface area contributed by atoms with Gasteiger partial charge >= 0.3 is 5.30 Å². The number of carbonyl (C=O) groups excluding carboxylic acids is 2. The Hall–Kier alpha value is -1.53. The van der Waals surface area contributed by atoms with Crippen LogP contribution in [0.2, 0.25) is 0 Å². The maximum Gasteiger partial charge on any atom is 0.358 e. The Morgan fingerprint density at radius 2 is 1.96 bits per heavy atom. The number of piperidine rings is 1. The number of fused-ring (bicyclic) bond motifs is 1. The highest BCUT2D eigenvalue weighted by Crippen LogP contribution is 2.64. The molecule has 2 aliphatic rings.